The molecule has 21 heavy (non-hydrogen) atoms. The standard InChI is InChI=1S/C15H28N6/c1-3-20-11-6-14(13-20)12-18-15(16-2)17-7-4-9-21-10-5-8-19-21/h5,8,10,14H,3-4,6-7,9,11-13H2,1-2H3,(H2,16,17,18). The molecule has 1 unspecified atom stereocenters. The van der Waals surface area contributed by atoms with E-state index in [1.165, 1.54) is 19.5 Å². The largest absolute Gasteiger partial charge is 0.356 e. The number of hydrogen-bond acceptors (Lipinski definition) is 3. The van der Waals surface area contributed by atoms with E-state index >= 15 is 0 Å². The van der Waals surface area contributed by atoms with Crippen molar-refractivity contribution in [2.75, 3.05) is 39.8 Å². The average Bonchev–Trinajstić information content (AvgIpc) is 3.17. The van der Waals surface area contributed by atoms with E-state index in [-0.39, 0.29) is 0 Å². The normalized spacial score (nSPS) is 19.9. The Labute approximate surface area is 127 Å². The molecule has 1 fully saturated rings. The van der Waals surface area contributed by atoms with E-state index in [1.807, 2.05) is 30.2 Å². The number of nitrogens with one attached hydrogen (secondary N) is 2. The molecule has 2 rings (SSSR count). The minimum absolute atomic E-state index is 0.743. The number of likely N-dealkylation sites (tertiary alicyclic amines) is 1. The van der Waals surface area contributed by atoms with Gasteiger partial charge in [-0.25, -0.2) is 0 Å². The zero-order valence-electron chi connectivity index (χ0n) is 13.3. The van der Waals surface area contributed by atoms with Crippen molar-refractivity contribution >= 4 is 5.96 Å². The number of aliphatic imine (C=N–C) groups is 1. The van der Waals surface area contributed by atoms with Crippen LogP contribution >= 0.6 is 0 Å². The van der Waals surface area contributed by atoms with Gasteiger partial charge in [0.05, 0.1) is 0 Å². The van der Waals surface area contributed by atoms with Crippen molar-refractivity contribution < 1.29 is 0 Å². The van der Waals surface area contributed by atoms with E-state index < -0.39 is 0 Å². The molecule has 2 heterocycles. The van der Waals surface area contributed by atoms with Gasteiger partial charge in [-0.05, 0) is 37.9 Å². The molecule has 1 aromatic rings. The summed E-state index contributed by atoms with van der Waals surface area (Å²) < 4.78 is 1.95. The summed E-state index contributed by atoms with van der Waals surface area (Å²) in [6.07, 6.45) is 6.13. The second-order valence-corrected chi connectivity index (χ2v) is 5.55. The number of hydrogen-bond donors (Lipinski definition) is 2. The summed E-state index contributed by atoms with van der Waals surface area (Å²) in [5.74, 6) is 1.65. The lowest BCUT2D eigenvalue weighted by molar-refractivity contribution is 0.342. The van der Waals surface area contributed by atoms with Crippen LogP contribution in [0, 0.1) is 5.92 Å². The van der Waals surface area contributed by atoms with Gasteiger partial charge in [-0.1, -0.05) is 6.92 Å². The van der Waals surface area contributed by atoms with Crippen LogP contribution in [0.2, 0.25) is 0 Å². The number of guanidine groups is 1. The lowest BCUT2D eigenvalue weighted by atomic mass is 10.1. The van der Waals surface area contributed by atoms with Crippen LogP contribution in [-0.4, -0.2) is 60.4 Å². The number of rotatable bonds is 7. The lowest BCUT2D eigenvalue weighted by Gasteiger charge is -2.16. The van der Waals surface area contributed by atoms with Gasteiger partial charge in [0.2, 0.25) is 0 Å². The first kappa shape index (κ1) is 15.8. The quantitative estimate of drug-likeness (QED) is 0.443. The van der Waals surface area contributed by atoms with Crippen LogP contribution in [0.3, 0.4) is 0 Å². The van der Waals surface area contributed by atoms with Crippen LogP contribution in [0.15, 0.2) is 23.5 Å². The van der Waals surface area contributed by atoms with Gasteiger partial charge in [-0.15, -0.1) is 0 Å². The Morgan fingerprint density at radius 1 is 1.43 bits per heavy atom. The average molecular weight is 292 g/mol. The molecule has 1 aliphatic rings. The molecular formula is C15H28N6. The molecule has 0 amide bonds. The molecule has 0 aromatic carbocycles. The minimum Gasteiger partial charge on any atom is -0.356 e. The summed E-state index contributed by atoms with van der Waals surface area (Å²) in [5, 5.41) is 11.0. The van der Waals surface area contributed by atoms with Crippen LogP contribution in [0.25, 0.3) is 0 Å². The fraction of sp³-hybridized carbons (Fsp3) is 0.733. The minimum atomic E-state index is 0.743. The summed E-state index contributed by atoms with van der Waals surface area (Å²) in [6, 6.07) is 1.95. The van der Waals surface area contributed by atoms with E-state index in [2.05, 4.69) is 32.5 Å². The van der Waals surface area contributed by atoms with Crippen LogP contribution in [0.4, 0.5) is 0 Å². The van der Waals surface area contributed by atoms with Crippen molar-refractivity contribution in [2.45, 2.75) is 26.3 Å². The maximum Gasteiger partial charge on any atom is 0.190 e. The Morgan fingerprint density at radius 2 is 2.33 bits per heavy atom. The Kier molecular flexibility index (Phi) is 6.53. The third-order valence-electron chi connectivity index (χ3n) is 4.01. The highest BCUT2D eigenvalue weighted by Crippen LogP contribution is 2.14. The highest BCUT2D eigenvalue weighted by molar-refractivity contribution is 5.79. The predicted octanol–water partition coefficient (Wildman–Crippen LogP) is 0.780. The van der Waals surface area contributed by atoms with E-state index in [0.717, 1.165) is 44.5 Å². The number of aryl methyl sites for hydroxylation is 1. The van der Waals surface area contributed by atoms with Gasteiger partial charge in [0.15, 0.2) is 5.96 Å². The van der Waals surface area contributed by atoms with Crippen molar-refractivity contribution in [1.29, 1.82) is 0 Å². The molecule has 1 aliphatic heterocycles. The molecule has 1 saturated heterocycles. The van der Waals surface area contributed by atoms with Crippen molar-refractivity contribution in [3.63, 3.8) is 0 Å². The fourth-order valence-electron chi connectivity index (χ4n) is 2.71. The van der Waals surface area contributed by atoms with E-state index in [9.17, 15) is 0 Å². The van der Waals surface area contributed by atoms with Gasteiger partial charge in [0.25, 0.3) is 0 Å². The molecular weight excluding hydrogens is 264 g/mol. The highest BCUT2D eigenvalue weighted by Gasteiger charge is 2.20. The molecule has 0 bridgehead atoms. The zero-order valence-corrected chi connectivity index (χ0v) is 13.3. The van der Waals surface area contributed by atoms with Gasteiger partial charge < -0.3 is 15.5 Å². The number of nitrogens with zero attached hydrogens (tertiary/aromatic N) is 4. The van der Waals surface area contributed by atoms with Crippen LogP contribution in [-0.2, 0) is 6.54 Å². The smallest absolute Gasteiger partial charge is 0.190 e. The fourth-order valence-corrected chi connectivity index (χ4v) is 2.71. The second-order valence-electron chi connectivity index (χ2n) is 5.55. The van der Waals surface area contributed by atoms with E-state index in [0.29, 0.717) is 0 Å². The summed E-state index contributed by atoms with van der Waals surface area (Å²) in [4.78, 5) is 6.79. The Morgan fingerprint density at radius 3 is 3.00 bits per heavy atom. The molecule has 0 spiro atoms. The van der Waals surface area contributed by atoms with Crippen molar-refractivity contribution in [3.05, 3.63) is 18.5 Å². The van der Waals surface area contributed by atoms with Crippen molar-refractivity contribution in [1.82, 2.24) is 25.3 Å². The first-order chi connectivity index (χ1) is 10.3. The maximum absolute atomic E-state index is 4.28. The maximum atomic E-state index is 4.28. The first-order valence-electron chi connectivity index (χ1n) is 7.96. The Bertz CT molecular complexity index is 414. The topological polar surface area (TPSA) is 57.5 Å². The van der Waals surface area contributed by atoms with Crippen molar-refractivity contribution in [2.24, 2.45) is 10.9 Å². The van der Waals surface area contributed by atoms with Gasteiger partial charge >= 0.3 is 0 Å². The molecule has 118 valence electrons. The number of aromatic nitrogens is 2. The summed E-state index contributed by atoms with van der Waals surface area (Å²) in [5.41, 5.74) is 0. The molecule has 0 saturated carbocycles. The molecule has 0 aliphatic carbocycles. The van der Waals surface area contributed by atoms with E-state index in [4.69, 9.17) is 0 Å². The zero-order chi connectivity index (χ0) is 14.9. The molecule has 0 radical (unpaired) electrons. The Hall–Kier alpha value is -1.56. The first-order valence-corrected chi connectivity index (χ1v) is 7.96. The molecule has 6 heteroatoms. The monoisotopic (exact) mass is 292 g/mol. The molecule has 1 atom stereocenters. The Balaban J connectivity index is 1.58. The van der Waals surface area contributed by atoms with Gasteiger partial charge in [-0.3, -0.25) is 9.67 Å². The van der Waals surface area contributed by atoms with Crippen molar-refractivity contribution in [3.8, 4) is 0 Å². The SMILES string of the molecule is CCN1CCC(CNC(=NC)NCCCn2cccn2)C1. The summed E-state index contributed by atoms with van der Waals surface area (Å²) >= 11 is 0. The molecule has 1 aromatic heterocycles. The summed E-state index contributed by atoms with van der Waals surface area (Å²) in [6.45, 7) is 8.69. The second kappa shape index (κ2) is 8.67. The van der Waals surface area contributed by atoms with E-state index in [1.54, 1.807) is 0 Å². The lowest BCUT2D eigenvalue weighted by Crippen LogP contribution is -2.40. The van der Waals surface area contributed by atoms with Crippen LogP contribution < -0.4 is 10.6 Å². The highest BCUT2D eigenvalue weighted by atomic mass is 15.3. The summed E-state index contributed by atoms with van der Waals surface area (Å²) in [7, 11) is 1.83. The van der Waals surface area contributed by atoms with Crippen LogP contribution in [0.1, 0.15) is 19.8 Å². The van der Waals surface area contributed by atoms with Gasteiger partial charge in [0.1, 0.15) is 0 Å². The predicted molar refractivity (Wildman–Crippen MR) is 86.4 cm³/mol. The molecule has 6 nitrogen and oxygen atoms in total. The van der Waals surface area contributed by atoms with Crippen LogP contribution in [0.5, 0.6) is 0 Å². The third-order valence-corrected chi connectivity index (χ3v) is 4.01. The van der Waals surface area contributed by atoms with Gasteiger partial charge in [-0.2, -0.15) is 5.10 Å². The third kappa shape index (κ3) is 5.38. The molecule has 2 N–H and O–H groups in total. The van der Waals surface area contributed by atoms with Gasteiger partial charge in [0, 0.05) is 45.6 Å².